The highest BCUT2D eigenvalue weighted by Gasteiger charge is 2.46. The standard InChI is InChI=1S/C32H34Cl2N4O6S/c33-22-18-26-27(19-23(22)34)38-15-11-29-21(32(38)36(26)13-6-16-45(41,42)43)17-20-28(44-29)10-14-37-25-8-4-3-7-24(25)35(31(20)37)12-5-1-2-9-30(39)40/h3-4,7-8,17-19,28-29H,1-2,5-6,9-16H2,(H-,39,40,41,42,43). The highest BCUT2D eigenvalue weighted by atomic mass is 35.5. The third kappa shape index (κ3) is 5.63. The minimum Gasteiger partial charge on any atom is -0.748 e. The lowest BCUT2D eigenvalue weighted by Gasteiger charge is -2.40. The first-order valence-electron chi connectivity index (χ1n) is 15.4. The van der Waals surface area contributed by atoms with Gasteiger partial charge in [-0.25, -0.2) is 17.6 Å². The summed E-state index contributed by atoms with van der Waals surface area (Å²) in [5.74, 6) is 0.773. The molecule has 2 unspecified atom stereocenters. The zero-order chi connectivity index (χ0) is 31.5. The van der Waals surface area contributed by atoms with Gasteiger partial charge in [0.25, 0.3) is 5.82 Å². The van der Waals surface area contributed by atoms with Gasteiger partial charge in [0.15, 0.2) is 11.0 Å². The lowest BCUT2D eigenvalue weighted by atomic mass is 9.90. The average molecular weight is 674 g/mol. The van der Waals surface area contributed by atoms with Gasteiger partial charge >= 0.3 is 5.97 Å². The number of para-hydroxylation sites is 2. The van der Waals surface area contributed by atoms with Crippen molar-refractivity contribution in [2.45, 2.75) is 70.2 Å². The van der Waals surface area contributed by atoms with E-state index in [-0.39, 0.29) is 25.0 Å². The lowest BCUT2D eigenvalue weighted by molar-refractivity contribution is -0.679. The normalized spacial score (nSPS) is 20.5. The molecular weight excluding hydrogens is 639 g/mol. The van der Waals surface area contributed by atoms with Crippen LogP contribution in [-0.2, 0) is 32.7 Å². The highest BCUT2D eigenvalue weighted by Crippen LogP contribution is 2.50. The fourth-order valence-corrected chi connectivity index (χ4v) is 8.13. The molecule has 0 radical (unpaired) electrons. The summed E-state index contributed by atoms with van der Waals surface area (Å²) in [4.78, 5) is 15.3. The van der Waals surface area contributed by atoms with Gasteiger partial charge in [0, 0.05) is 37.3 Å². The van der Waals surface area contributed by atoms with Crippen LogP contribution in [0, 0.1) is 0 Å². The first kappa shape index (κ1) is 30.6. The molecule has 45 heavy (non-hydrogen) atoms. The number of carboxylic acids is 1. The number of carboxylic acid groups (broad SMARTS) is 1. The van der Waals surface area contributed by atoms with Crippen LogP contribution >= 0.6 is 23.2 Å². The SMILES string of the molecule is O=C(O)CCCCCn1c2[n+](c3ccccc31)CCC1OC3CCN4C(=C3C=C21)N(CCCS(=O)(=O)[O-])c1cc(Cl)c(Cl)cc14. The van der Waals surface area contributed by atoms with Crippen molar-refractivity contribution >= 4 is 67.3 Å². The smallest absolute Gasteiger partial charge is 0.303 e. The first-order valence-corrected chi connectivity index (χ1v) is 17.8. The highest BCUT2D eigenvalue weighted by molar-refractivity contribution is 7.85. The van der Waals surface area contributed by atoms with E-state index in [2.05, 4.69) is 43.2 Å². The van der Waals surface area contributed by atoms with Crippen LogP contribution in [0.5, 0.6) is 0 Å². The van der Waals surface area contributed by atoms with Crippen LogP contribution in [-0.4, -0.2) is 59.7 Å². The molecule has 10 nitrogen and oxygen atoms in total. The third-order valence-electron chi connectivity index (χ3n) is 9.21. The van der Waals surface area contributed by atoms with Gasteiger partial charge in [-0.15, -0.1) is 0 Å². The van der Waals surface area contributed by atoms with E-state index in [1.807, 2.05) is 18.2 Å². The van der Waals surface area contributed by atoms with E-state index in [9.17, 15) is 17.8 Å². The quantitative estimate of drug-likeness (QED) is 0.175. The Kier molecular flexibility index (Phi) is 8.10. The summed E-state index contributed by atoms with van der Waals surface area (Å²) in [5.41, 5.74) is 6.11. The summed E-state index contributed by atoms with van der Waals surface area (Å²) in [6, 6.07) is 12.0. The van der Waals surface area contributed by atoms with E-state index in [4.69, 9.17) is 33.0 Å². The number of aliphatic carboxylic acids is 1. The maximum Gasteiger partial charge on any atom is 0.303 e. The van der Waals surface area contributed by atoms with Crippen molar-refractivity contribution < 1.29 is 32.2 Å². The van der Waals surface area contributed by atoms with Crippen molar-refractivity contribution in [1.29, 1.82) is 0 Å². The van der Waals surface area contributed by atoms with Crippen LogP contribution in [0.25, 0.3) is 16.6 Å². The Labute approximate surface area is 271 Å². The van der Waals surface area contributed by atoms with Crippen molar-refractivity contribution in [3.8, 4) is 0 Å². The van der Waals surface area contributed by atoms with E-state index in [0.717, 1.165) is 84.0 Å². The molecule has 13 heteroatoms. The summed E-state index contributed by atoms with van der Waals surface area (Å²) in [5, 5.41) is 9.91. The number of unbranched alkanes of at least 4 members (excludes halogenated alkanes) is 2. The minimum absolute atomic E-state index is 0.0762. The van der Waals surface area contributed by atoms with E-state index in [1.165, 1.54) is 0 Å². The Morgan fingerprint density at radius 2 is 1.80 bits per heavy atom. The molecule has 2 atom stereocenters. The molecule has 1 N–H and O–H groups in total. The maximum absolute atomic E-state index is 11.5. The average Bonchev–Trinajstić information content (AvgIpc) is 3.48. The molecule has 0 amide bonds. The second kappa shape index (κ2) is 11.9. The van der Waals surface area contributed by atoms with Crippen LogP contribution in [0.4, 0.5) is 11.4 Å². The Morgan fingerprint density at radius 1 is 1.02 bits per heavy atom. The monoisotopic (exact) mass is 672 g/mol. The van der Waals surface area contributed by atoms with Crippen molar-refractivity contribution in [2.24, 2.45) is 0 Å². The number of benzene rings is 2. The molecule has 4 aliphatic heterocycles. The van der Waals surface area contributed by atoms with E-state index in [1.54, 1.807) is 0 Å². The number of hydrogen-bond acceptors (Lipinski definition) is 7. The Balaban J connectivity index is 1.33. The first-order chi connectivity index (χ1) is 21.6. The summed E-state index contributed by atoms with van der Waals surface area (Å²) in [7, 11) is -4.37. The Bertz CT molecular complexity index is 1870. The number of carbonyl (C=O) groups is 1. The van der Waals surface area contributed by atoms with Gasteiger partial charge in [0.05, 0.1) is 62.4 Å². The number of hydrogen-bond donors (Lipinski definition) is 1. The largest absolute Gasteiger partial charge is 0.748 e. The van der Waals surface area contributed by atoms with E-state index < -0.39 is 21.8 Å². The van der Waals surface area contributed by atoms with Crippen molar-refractivity contribution in [3.05, 3.63) is 69.7 Å². The van der Waals surface area contributed by atoms with Crippen LogP contribution in [0.15, 0.2) is 53.9 Å². The predicted octanol–water partition coefficient (Wildman–Crippen LogP) is 5.31. The van der Waals surface area contributed by atoms with Gasteiger partial charge in [-0.3, -0.25) is 4.79 Å². The van der Waals surface area contributed by atoms with Gasteiger partial charge in [-0.05, 0) is 62.4 Å². The van der Waals surface area contributed by atoms with Gasteiger partial charge in [0.2, 0.25) is 0 Å². The molecule has 3 aromatic rings. The molecule has 7 rings (SSSR count). The Hall–Kier alpha value is -3.09. The number of nitrogens with zero attached hydrogens (tertiary/aromatic N) is 4. The molecule has 0 saturated heterocycles. The summed E-state index contributed by atoms with van der Waals surface area (Å²) < 4.78 is 46.0. The van der Waals surface area contributed by atoms with Gasteiger partial charge in [-0.1, -0.05) is 35.3 Å². The summed E-state index contributed by atoms with van der Waals surface area (Å²) >= 11 is 12.9. The third-order valence-corrected chi connectivity index (χ3v) is 10.7. The Morgan fingerprint density at radius 3 is 2.58 bits per heavy atom. The number of ether oxygens (including phenoxy) is 1. The van der Waals surface area contributed by atoms with Crippen LogP contribution in [0.2, 0.25) is 10.0 Å². The minimum atomic E-state index is -4.37. The van der Waals surface area contributed by atoms with Crippen LogP contribution < -0.4 is 14.4 Å². The van der Waals surface area contributed by atoms with Gasteiger partial charge in [0.1, 0.15) is 5.82 Å². The van der Waals surface area contributed by atoms with Crippen molar-refractivity contribution in [2.75, 3.05) is 28.6 Å². The molecule has 0 fully saturated rings. The number of fused-ring (bicyclic) bond motifs is 9. The zero-order valence-corrected chi connectivity index (χ0v) is 27.0. The second-order valence-electron chi connectivity index (χ2n) is 12.1. The number of imidazole rings is 1. The molecule has 0 bridgehead atoms. The van der Waals surface area contributed by atoms with Crippen LogP contribution in [0.1, 0.15) is 50.8 Å². The molecule has 0 saturated carbocycles. The molecule has 1 aromatic heterocycles. The molecule has 5 heterocycles. The predicted molar refractivity (Wildman–Crippen MR) is 171 cm³/mol. The summed E-state index contributed by atoms with van der Waals surface area (Å²) in [6.07, 6.45) is 6.31. The summed E-state index contributed by atoms with van der Waals surface area (Å²) in [6.45, 7) is 2.59. The van der Waals surface area contributed by atoms with E-state index >= 15 is 0 Å². The number of aromatic nitrogens is 2. The van der Waals surface area contributed by atoms with E-state index in [0.29, 0.717) is 29.6 Å². The fraction of sp³-hybridized carbons (Fsp3) is 0.438. The number of anilines is 2. The molecule has 4 aliphatic rings. The zero-order valence-electron chi connectivity index (χ0n) is 24.6. The number of halogens is 2. The fourth-order valence-electron chi connectivity index (χ4n) is 7.33. The maximum atomic E-state index is 11.5. The van der Waals surface area contributed by atoms with Crippen molar-refractivity contribution in [1.82, 2.24) is 4.57 Å². The topological polar surface area (TPSA) is 119 Å². The molecule has 0 aliphatic carbocycles. The number of aryl methyl sites for hydroxylation is 2. The van der Waals surface area contributed by atoms with Gasteiger partial charge in [-0.2, -0.15) is 0 Å². The lowest BCUT2D eigenvalue weighted by Crippen LogP contribution is -2.49. The molecule has 238 valence electrons. The molecular formula is C32H34Cl2N4O6S. The molecule has 0 spiro atoms. The second-order valence-corrected chi connectivity index (χ2v) is 14.4. The number of rotatable bonds is 10. The van der Waals surface area contributed by atoms with Gasteiger partial charge < -0.3 is 24.2 Å². The van der Waals surface area contributed by atoms with Crippen LogP contribution in [0.3, 0.4) is 0 Å². The molecule has 2 aromatic carbocycles. The van der Waals surface area contributed by atoms with Crippen molar-refractivity contribution in [3.63, 3.8) is 0 Å².